The number of benzene rings is 1. The number of anilines is 2. The van der Waals surface area contributed by atoms with Crippen molar-refractivity contribution in [1.82, 2.24) is 15.0 Å². The number of pyridine rings is 1. The number of nitrogens with one attached hydrogen (secondary N) is 2. The summed E-state index contributed by atoms with van der Waals surface area (Å²) in [4.78, 5) is 24.7. The fourth-order valence-electron chi connectivity index (χ4n) is 2.22. The highest BCUT2D eigenvalue weighted by atomic mass is 19.1. The van der Waals surface area contributed by atoms with Gasteiger partial charge in [0.15, 0.2) is 0 Å². The topological polar surface area (TPSA) is 79.8 Å². The minimum atomic E-state index is -0.502. The van der Waals surface area contributed by atoms with E-state index < -0.39 is 11.7 Å². The van der Waals surface area contributed by atoms with Crippen LogP contribution in [-0.4, -0.2) is 20.9 Å². The van der Waals surface area contributed by atoms with E-state index in [2.05, 4.69) is 25.6 Å². The van der Waals surface area contributed by atoms with Gasteiger partial charge in [-0.15, -0.1) is 0 Å². The molecule has 0 unspecified atom stereocenters. The molecule has 2 heterocycles. The lowest BCUT2D eigenvalue weighted by molar-refractivity contribution is 0.102. The number of carbonyl (C=O) groups is 1. The van der Waals surface area contributed by atoms with E-state index in [-0.39, 0.29) is 11.4 Å². The predicted molar refractivity (Wildman–Crippen MR) is 92.7 cm³/mol. The van der Waals surface area contributed by atoms with Crippen LogP contribution in [0.15, 0.2) is 54.9 Å². The van der Waals surface area contributed by atoms with Gasteiger partial charge < -0.3 is 10.6 Å². The fourth-order valence-corrected chi connectivity index (χ4v) is 2.22. The van der Waals surface area contributed by atoms with Gasteiger partial charge in [0.1, 0.15) is 23.2 Å². The largest absolute Gasteiger partial charge is 0.366 e. The van der Waals surface area contributed by atoms with Crippen molar-refractivity contribution in [2.24, 2.45) is 0 Å². The minimum Gasteiger partial charge on any atom is -0.366 e. The van der Waals surface area contributed by atoms with Crippen LogP contribution in [0.1, 0.15) is 21.9 Å². The SMILES string of the molecule is Cc1nc(NCc2ccncc2)cc(C(=O)Nc2ccccc2F)n1. The zero-order valence-corrected chi connectivity index (χ0v) is 13.5. The van der Waals surface area contributed by atoms with Gasteiger partial charge in [0.2, 0.25) is 0 Å². The Bertz CT molecular complexity index is 886. The van der Waals surface area contributed by atoms with E-state index in [1.165, 1.54) is 18.2 Å². The highest BCUT2D eigenvalue weighted by Crippen LogP contribution is 2.15. The molecule has 7 heteroatoms. The summed E-state index contributed by atoms with van der Waals surface area (Å²) in [6, 6.07) is 11.3. The second kappa shape index (κ2) is 7.48. The van der Waals surface area contributed by atoms with Gasteiger partial charge in [0.25, 0.3) is 5.91 Å². The Morgan fingerprint density at radius 2 is 1.88 bits per heavy atom. The van der Waals surface area contributed by atoms with Gasteiger partial charge >= 0.3 is 0 Å². The van der Waals surface area contributed by atoms with Crippen LogP contribution in [0.2, 0.25) is 0 Å². The Morgan fingerprint density at radius 1 is 1.12 bits per heavy atom. The summed E-state index contributed by atoms with van der Waals surface area (Å²) in [6.45, 7) is 2.23. The molecule has 126 valence electrons. The molecule has 0 radical (unpaired) electrons. The summed E-state index contributed by atoms with van der Waals surface area (Å²) < 4.78 is 13.7. The van der Waals surface area contributed by atoms with Gasteiger partial charge in [0, 0.05) is 25.0 Å². The maximum Gasteiger partial charge on any atom is 0.274 e. The van der Waals surface area contributed by atoms with Crippen molar-refractivity contribution in [1.29, 1.82) is 0 Å². The van der Waals surface area contributed by atoms with Crippen molar-refractivity contribution in [2.75, 3.05) is 10.6 Å². The van der Waals surface area contributed by atoms with E-state index >= 15 is 0 Å². The van der Waals surface area contributed by atoms with Gasteiger partial charge in [-0.25, -0.2) is 14.4 Å². The third kappa shape index (κ3) is 4.35. The van der Waals surface area contributed by atoms with E-state index in [4.69, 9.17) is 0 Å². The molecule has 0 aliphatic rings. The number of para-hydroxylation sites is 1. The Morgan fingerprint density at radius 3 is 2.64 bits per heavy atom. The molecule has 2 N–H and O–H groups in total. The van der Waals surface area contributed by atoms with Crippen molar-refractivity contribution in [3.8, 4) is 0 Å². The van der Waals surface area contributed by atoms with Crippen LogP contribution in [0.3, 0.4) is 0 Å². The van der Waals surface area contributed by atoms with E-state index in [1.807, 2.05) is 12.1 Å². The number of amides is 1. The molecule has 0 aliphatic heterocycles. The number of aromatic nitrogens is 3. The second-order valence-electron chi connectivity index (χ2n) is 5.33. The fraction of sp³-hybridized carbons (Fsp3) is 0.111. The van der Waals surface area contributed by atoms with Gasteiger partial charge in [0.05, 0.1) is 5.69 Å². The molecule has 0 saturated heterocycles. The molecule has 0 aliphatic carbocycles. The molecular weight excluding hydrogens is 321 g/mol. The maximum absolute atomic E-state index is 13.7. The first-order chi connectivity index (χ1) is 12.1. The van der Waals surface area contributed by atoms with E-state index in [0.717, 1.165) is 5.56 Å². The lowest BCUT2D eigenvalue weighted by Gasteiger charge is -2.09. The Hall–Kier alpha value is -3.35. The van der Waals surface area contributed by atoms with Crippen LogP contribution < -0.4 is 10.6 Å². The van der Waals surface area contributed by atoms with Gasteiger partial charge in [-0.1, -0.05) is 12.1 Å². The van der Waals surface area contributed by atoms with Crippen molar-refractivity contribution >= 4 is 17.4 Å². The highest BCUT2D eigenvalue weighted by Gasteiger charge is 2.12. The molecule has 3 rings (SSSR count). The van der Waals surface area contributed by atoms with Crippen LogP contribution in [0.25, 0.3) is 0 Å². The zero-order valence-electron chi connectivity index (χ0n) is 13.5. The van der Waals surface area contributed by atoms with Crippen molar-refractivity contribution in [3.05, 3.63) is 77.8 Å². The molecule has 0 atom stereocenters. The molecule has 3 aromatic rings. The lowest BCUT2D eigenvalue weighted by Crippen LogP contribution is -2.16. The predicted octanol–water partition coefficient (Wildman–Crippen LogP) is 3.18. The molecule has 1 amide bonds. The normalized spacial score (nSPS) is 10.3. The maximum atomic E-state index is 13.7. The van der Waals surface area contributed by atoms with E-state index in [0.29, 0.717) is 18.2 Å². The number of carbonyl (C=O) groups excluding carboxylic acids is 1. The van der Waals surface area contributed by atoms with E-state index in [1.54, 1.807) is 31.5 Å². The monoisotopic (exact) mass is 337 g/mol. The average Bonchev–Trinajstić information content (AvgIpc) is 2.62. The molecule has 0 saturated carbocycles. The average molecular weight is 337 g/mol. The summed E-state index contributed by atoms with van der Waals surface area (Å²) in [5, 5.41) is 5.65. The smallest absolute Gasteiger partial charge is 0.274 e. The van der Waals surface area contributed by atoms with Crippen LogP contribution in [-0.2, 0) is 6.54 Å². The summed E-state index contributed by atoms with van der Waals surface area (Å²) in [5.74, 6) is -0.0402. The number of hydrogen-bond donors (Lipinski definition) is 2. The Kier molecular flexibility index (Phi) is 4.94. The van der Waals surface area contributed by atoms with E-state index in [9.17, 15) is 9.18 Å². The van der Waals surface area contributed by atoms with Crippen LogP contribution >= 0.6 is 0 Å². The van der Waals surface area contributed by atoms with Crippen LogP contribution in [0.4, 0.5) is 15.9 Å². The van der Waals surface area contributed by atoms with Gasteiger partial charge in [-0.2, -0.15) is 0 Å². The van der Waals surface area contributed by atoms with Gasteiger partial charge in [-0.3, -0.25) is 9.78 Å². The lowest BCUT2D eigenvalue weighted by atomic mass is 10.2. The molecule has 2 aromatic heterocycles. The Balaban J connectivity index is 1.74. The standard InChI is InChI=1S/C18H16FN5O/c1-12-22-16(18(25)24-15-5-3-2-4-14(15)19)10-17(23-12)21-11-13-6-8-20-9-7-13/h2-10H,11H2,1H3,(H,24,25)(H,21,22,23). The molecule has 0 fully saturated rings. The first-order valence-electron chi connectivity index (χ1n) is 7.66. The summed E-state index contributed by atoms with van der Waals surface area (Å²) in [6.07, 6.45) is 3.41. The summed E-state index contributed by atoms with van der Waals surface area (Å²) in [5.41, 5.74) is 1.30. The molecular formula is C18H16FN5O. The number of halogens is 1. The zero-order chi connectivity index (χ0) is 17.6. The Labute approximate surface area is 144 Å². The van der Waals surface area contributed by atoms with Crippen molar-refractivity contribution < 1.29 is 9.18 Å². The minimum absolute atomic E-state index is 0.107. The second-order valence-corrected chi connectivity index (χ2v) is 5.33. The van der Waals surface area contributed by atoms with Crippen molar-refractivity contribution in [3.63, 3.8) is 0 Å². The first kappa shape index (κ1) is 16.5. The quantitative estimate of drug-likeness (QED) is 0.747. The molecule has 25 heavy (non-hydrogen) atoms. The highest BCUT2D eigenvalue weighted by molar-refractivity contribution is 6.03. The van der Waals surface area contributed by atoms with Crippen LogP contribution in [0, 0.1) is 12.7 Å². The number of aryl methyl sites for hydroxylation is 1. The van der Waals surface area contributed by atoms with Crippen molar-refractivity contribution in [2.45, 2.75) is 13.5 Å². The van der Waals surface area contributed by atoms with Gasteiger partial charge in [-0.05, 0) is 36.8 Å². The third-order valence-electron chi connectivity index (χ3n) is 3.42. The molecule has 1 aromatic carbocycles. The number of hydrogen-bond acceptors (Lipinski definition) is 5. The first-order valence-corrected chi connectivity index (χ1v) is 7.66. The third-order valence-corrected chi connectivity index (χ3v) is 3.42. The molecule has 0 spiro atoms. The number of nitrogens with zero attached hydrogens (tertiary/aromatic N) is 3. The van der Waals surface area contributed by atoms with Crippen LogP contribution in [0.5, 0.6) is 0 Å². The summed E-state index contributed by atoms with van der Waals surface area (Å²) >= 11 is 0. The molecule has 6 nitrogen and oxygen atoms in total. The number of rotatable bonds is 5. The summed E-state index contributed by atoms with van der Waals surface area (Å²) in [7, 11) is 0. The molecule has 0 bridgehead atoms.